The van der Waals surface area contributed by atoms with Gasteiger partial charge in [0, 0.05) is 0 Å². The molecule has 0 bridgehead atoms. The minimum absolute atomic E-state index is 0.545. The van der Waals surface area contributed by atoms with Crippen molar-refractivity contribution < 1.29 is 0 Å². The molecule has 2 rings (SSSR count). The fourth-order valence-electron chi connectivity index (χ4n) is 4.31. The Labute approximate surface area is 235 Å². The van der Waals surface area contributed by atoms with Crippen LogP contribution in [0.3, 0.4) is 0 Å². The molecule has 0 aliphatic rings. The summed E-state index contributed by atoms with van der Waals surface area (Å²) in [6.45, 7) is 28.2. The summed E-state index contributed by atoms with van der Waals surface area (Å²) in [5.74, 6) is 3.32. The summed E-state index contributed by atoms with van der Waals surface area (Å²) in [5.41, 5.74) is 9.18. The molecule has 0 heterocycles. The predicted octanol–water partition coefficient (Wildman–Crippen LogP) is 10.2. The summed E-state index contributed by atoms with van der Waals surface area (Å²) in [6.07, 6.45) is 0. The summed E-state index contributed by atoms with van der Waals surface area (Å²) in [4.78, 5) is 3.12. The van der Waals surface area contributed by atoms with Crippen molar-refractivity contribution in [3.05, 3.63) is 57.6 Å². The molecule has 0 nitrogen and oxygen atoms in total. The SMILES string of the molecule is CC(C)c1cc(C(C)C)c(S[CH]([BiH2])Sc2c(C(C)C)cc(C(C)C)cc2C(C)C)c(C(C)C)c1. The van der Waals surface area contributed by atoms with Crippen molar-refractivity contribution in [2.24, 2.45) is 0 Å². The van der Waals surface area contributed by atoms with Crippen LogP contribution in [0.5, 0.6) is 0 Å². The van der Waals surface area contributed by atoms with E-state index in [1.54, 1.807) is 32.0 Å². The molecule has 0 saturated heterocycles. The molecule has 34 heavy (non-hydrogen) atoms. The monoisotopic (exact) mass is 694 g/mol. The third-order valence-electron chi connectivity index (χ3n) is 6.63. The first-order valence-corrected chi connectivity index (χ1v) is 17.5. The molecule has 0 saturated carbocycles. The van der Waals surface area contributed by atoms with Crippen molar-refractivity contribution in [1.29, 1.82) is 0 Å². The predicted molar refractivity (Wildman–Crippen MR) is 161 cm³/mol. The maximum absolute atomic E-state index is 2.50. The third kappa shape index (κ3) is 7.52. The molecule has 0 aliphatic heterocycles. The maximum atomic E-state index is 2.50. The summed E-state index contributed by atoms with van der Waals surface area (Å²) in [5, 5.41) is 0. The number of benzene rings is 2. The van der Waals surface area contributed by atoms with E-state index in [-0.39, 0.29) is 0 Å². The standard InChI is InChI=1S/C31H47S2.Bi.2H/c1-18(2)24-13-26(20(5)6)30(27(14-24)21(7)8)32-17-33-31-28(22(9)10)15-25(19(3)4)16-29(31)23(11)12;;;/h13-23H,1-12H3;;;. The van der Waals surface area contributed by atoms with Gasteiger partial charge in [0.1, 0.15) is 0 Å². The van der Waals surface area contributed by atoms with Crippen molar-refractivity contribution in [2.45, 2.75) is 131 Å². The molecular weight excluding hydrogens is 645 g/mol. The van der Waals surface area contributed by atoms with E-state index >= 15 is 0 Å². The molecule has 0 fully saturated rings. The summed E-state index contributed by atoms with van der Waals surface area (Å²) in [7, 11) is 0. The minimum atomic E-state index is 0.545. The fourth-order valence-corrected chi connectivity index (χ4v) is 10.4. The molecule has 0 spiro atoms. The number of thioether (sulfide) groups is 2. The van der Waals surface area contributed by atoms with Gasteiger partial charge in [-0.2, -0.15) is 0 Å². The zero-order valence-corrected chi connectivity index (χ0v) is 29.9. The Morgan fingerprint density at radius 3 is 0.853 bits per heavy atom. The molecule has 2 aromatic rings. The van der Waals surface area contributed by atoms with Crippen molar-refractivity contribution in [3.63, 3.8) is 0 Å². The molecule has 3 heteroatoms. The second-order valence-corrected chi connectivity index (χ2v) is 20.5. The van der Waals surface area contributed by atoms with Crippen LogP contribution in [0.25, 0.3) is 0 Å². The zero-order valence-electron chi connectivity index (χ0n) is 23.7. The van der Waals surface area contributed by atoms with Gasteiger partial charge in [-0.05, 0) is 0 Å². The van der Waals surface area contributed by atoms with Crippen LogP contribution in [0.2, 0.25) is 0 Å². The Balaban J connectivity index is 2.55. The van der Waals surface area contributed by atoms with Crippen LogP contribution >= 0.6 is 23.5 Å². The first-order valence-electron chi connectivity index (χ1n) is 13.2. The van der Waals surface area contributed by atoms with E-state index in [2.05, 4.69) is 131 Å². The summed E-state index contributed by atoms with van der Waals surface area (Å²) >= 11 is 5.21. The van der Waals surface area contributed by atoms with Gasteiger partial charge in [0.05, 0.1) is 0 Å². The molecule has 2 aromatic carbocycles. The van der Waals surface area contributed by atoms with E-state index < -0.39 is 0 Å². The number of hydrogen-bond acceptors (Lipinski definition) is 2. The van der Waals surface area contributed by atoms with Gasteiger partial charge in [0.25, 0.3) is 0 Å². The molecule has 0 N–H and O–H groups in total. The summed E-state index contributed by atoms with van der Waals surface area (Å²) in [6, 6.07) is 10.0. The van der Waals surface area contributed by atoms with E-state index in [4.69, 9.17) is 0 Å². The topological polar surface area (TPSA) is 0 Å². The van der Waals surface area contributed by atoms with Crippen LogP contribution < -0.4 is 0 Å². The Kier molecular flexibility index (Phi) is 11.6. The molecule has 0 aliphatic carbocycles. The molecule has 0 atom stereocenters. The first kappa shape index (κ1) is 30.2. The Morgan fingerprint density at radius 1 is 0.441 bits per heavy atom. The molecule has 0 aromatic heterocycles. The Morgan fingerprint density at radius 2 is 0.676 bits per heavy atom. The van der Waals surface area contributed by atoms with Crippen molar-refractivity contribution >= 4 is 48.2 Å². The Bertz CT molecular complexity index is 818. The van der Waals surface area contributed by atoms with Crippen LogP contribution in [-0.2, 0) is 0 Å². The van der Waals surface area contributed by atoms with E-state index in [0.29, 0.717) is 37.8 Å². The second-order valence-electron chi connectivity index (χ2n) is 11.6. The van der Waals surface area contributed by atoms with Crippen LogP contribution in [0.4, 0.5) is 0 Å². The second kappa shape index (κ2) is 13.0. The van der Waals surface area contributed by atoms with Crippen molar-refractivity contribution in [1.82, 2.24) is 0 Å². The van der Waals surface area contributed by atoms with Crippen molar-refractivity contribution in [2.75, 3.05) is 0 Å². The van der Waals surface area contributed by atoms with E-state index in [0.717, 1.165) is 24.7 Å². The van der Waals surface area contributed by atoms with Crippen LogP contribution in [0.1, 0.15) is 152 Å². The third-order valence-corrected chi connectivity index (χ3v) is 12.3. The van der Waals surface area contributed by atoms with E-state index in [9.17, 15) is 0 Å². The quantitative estimate of drug-likeness (QED) is 0.138. The average molecular weight is 695 g/mol. The Hall–Kier alpha value is 0.0231. The fraction of sp³-hybridized carbons (Fsp3) is 0.613. The van der Waals surface area contributed by atoms with Crippen molar-refractivity contribution in [3.8, 4) is 0 Å². The van der Waals surface area contributed by atoms with Gasteiger partial charge in [0.2, 0.25) is 0 Å². The molecular formula is C31H49BiS2. The molecule has 0 radical (unpaired) electrons. The summed E-state index contributed by atoms with van der Waals surface area (Å²) < 4.78 is 0.611. The molecule has 0 amide bonds. The van der Waals surface area contributed by atoms with Crippen LogP contribution in [0.15, 0.2) is 34.1 Å². The zero-order chi connectivity index (χ0) is 25.9. The normalized spacial score (nSPS) is 12.6. The van der Waals surface area contributed by atoms with Crippen LogP contribution in [-0.4, -0.2) is 27.0 Å². The van der Waals surface area contributed by atoms with Gasteiger partial charge in [-0.1, -0.05) is 0 Å². The van der Waals surface area contributed by atoms with Gasteiger partial charge in [0.15, 0.2) is 0 Å². The number of hydrogen-bond donors (Lipinski definition) is 0. The molecule has 190 valence electrons. The van der Waals surface area contributed by atoms with Gasteiger partial charge in [-0.15, -0.1) is 0 Å². The van der Waals surface area contributed by atoms with E-state index in [1.807, 2.05) is 0 Å². The van der Waals surface area contributed by atoms with E-state index in [1.165, 1.54) is 11.1 Å². The van der Waals surface area contributed by atoms with Gasteiger partial charge >= 0.3 is 237 Å². The first-order chi connectivity index (χ1) is 15.7. The molecule has 0 unspecified atom stereocenters. The van der Waals surface area contributed by atoms with Gasteiger partial charge in [-0.25, -0.2) is 0 Å². The van der Waals surface area contributed by atoms with Crippen LogP contribution in [0, 0.1) is 0 Å². The average Bonchev–Trinajstić information content (AvgIpc) is 2.72. The van der Waals surface area contributed by atoms with Gasteiger partial charge in [-0.3, -0.25) is 0 Å². The number of rotatable bonds is 10. The van der Waals surface area contributed by atoms with Gasteiger partial charge < -0.3 is 0 Å².